The number of hydrogen-bond acceptors (Lipinski definition) is 7. The molecule has 0 atom stereocenters. The summed E-state index contributed by atoms with van der Waals surface area (Å²) in [6.07, 6.45) is 0.374. The maximum atomic E-state index is 10.6. The number of anilines is 1. The van der Waals surface area contributed by atoms with Crippen molar-refractivity contribution in [3.05, 3.63) is 40.6 Å². The Hall–Kier alpha value is -3.01. The third-order valence-electron chi connectivity index (χ3n) is 3.02. The first-order valence-electron chi connectivity index (χ1n) is 6.71. The highest BCUT2D eigenvalue weighted by atomic mass is 79.9. The fourth-order valence-corrected chi connectivity index (χ4v) is 2.24. The van der Waals surface area contributed by atoms with E-state index in [0.717, 1.165) is 5.56 Å². The van der Waals surface area contributed by atoms with Crippen LogP contribution in [0.4, 0.5) is 10.6 Å². The van der Waals surface area contributed by atoms with Crippen LogP contribution < -0.4 is 11.1 Å². The van der Waals surface area contributed by atoms with E-state index in [1.54, 1.807) is 24.3 Å². The predicted octanol–water partition coefficient (Wildman–Crippen LogP) is 2.31. The van der Waals surface area contributed by atoms with Gasteiger partial charge in [-0.15, -0.1) is 10.2 Å². The number of carboxylic acid groups (broad SMARTS) is 1. The second kappa shape index (κ2) is 6.62. The van der Waals surface area contributed by atoms with Crippen molar-refractivity contribution in [3.8, 4) is 23.0 Å². The fraction of sp³-hybridized carbons (Fsp3) is 0.0714. The van der Waals surface area contributed by atoms with E-state index in [1.807, 2.05) is 0 Å². The Morgan fingerprint density at radius 2 is 2.12 bits per heavy atom. The maximum absolute atomic E-state index is 10.6. The van der Waals surface area contributed by atoms with E-state index in [2.05, 4.69) is 41.4 Å². The Labute approximate surface area is 144 Å². The maximum Gasteiger partial charge on any atom is 0.404 e. The lowest BCUT2D eigenvalue weighted by molar-refractivity contribution is 0.194. The van der Waals surface area contributed by atoms with Gasteiger partial charge in [-0.2, -0.15) is 0 Å². The summed E-state index contributed by atoms with van der Waals surface area (Å²) in [7, 11) is 0. The first-order valence-corrected chi connectivity index (χ1v) is 7.50. The van der Waals surface area contributed by atoms with Crippen LogP contribution in [-0.4, -0.2) is 31.4 Å². The summed E-state index contributed by atoms with van der Waals surface area (Å²) in [5.74, 6) is 0.585. The minimum atomic E-state index is -1.09. The number of nitrogens with one attached hydrogen (secondary N) is 1. The largest absolute Gasteiger partial charge is 0.465 e. The summed E-state index contributed by atoms with van der Waals surface area (Å²) >= 11 is 3.21. The summed E-state index contributed by atoms with van der Waals surface area (Å²) in [4.78, 5) is 18.7. The van der Waals surface area contributed by atoms with Gasteiger partial charge < -0.3 is 20.6 Å². The van der Waals surface area contributed by atoms with Gasteiger partial charge in [0.2, 0.25) is 5.89 Å². The van der Waals surface area contributed by atoms with Gasteiger partial charge in [0, 0.05) is 12.1 Å². The van der Waals surface area contributed by atoms with Gasteiger partial charge in [0.1, 0.15) is 4.60 Å². The highest BCUT2D eigenvalue weighted by molar-refractivity contribution is 9.10. The van der Waals surface area contributed by atoms with Crippen LogP contribution >= 0.6 is 15.9 Å². The van der Waals surface area contributed by atoms with Gasteiger partial charge >= 0.3 is 6.09 Å². The number of halogens is 1. The van der Waals surface area contributed by atoms with Crippen LogP contribution in [0, 0.1) is 0 Å². The summed E-state index contributed by atoms with van der Waals surface area (Å²) in [6.45, 7) is 0.175. The average molecular weight is 391 g/mol. The van der Waals surface area contributed by atoms with Crippen molar-refractivity contribution in [1.82, 2.24) is 25.5 Å². The normalized spacial score (nSPS) is 10.5. The molecule has 9 nitrogen and oxygen atoms in total. The average Bonchev–Trinajstić information content (AvgIpc) is 3.05. The predicted molar refractivity (Wildman–Crippen MR) is 87.7 cm³/mol. The quantitative estimate of drug-likeness (QED) is 0.616. The molecule has 0 bridgehead atoms. The number of nitrogen functional groups attached to an aromatic ring is 1. The number of carbonyl (C=O) groups is 1. The molecule has 1 amide bonds. The Balaban J connectivity index is 1.89. The van der Waals surface area contributed by atoms with Crippen molar-refractivity contribution in [2.45, 2.75) is 6.54 Å². The summed E-state index contributed by atoms with van der Waals surface area (Å²) in [5, 5.41) is 18.9. The first-order chi connectivity index (χ1) is 11.5. The van der Waals surface area contributed by atoms with E-state index in [9.17, 15) is 4.79 Å². The van der Waals surface area contributed by atoms with Crippen LogP contribution in [0.1, 0.15) is 5.56 Å². The van der Waals surface area contributed by atoms with Crippen molar-refractivity contribution < 1.29 is 14.3 Å². The minimum Gasteiger partial charge on any atom is -0.465 e. The molecule has 122 valence electrons. The molecule has 4 N–H and O–H groups in total. The third kappa shape index (κ3) is 3.49. The molecule has 24 heavy (non-hydrogen) atoms. The lowest BCUT2D eigenvalue weighted by atomic mass is 10.1. The zero-order valence-electron chi connectivity index (χ0n) is 12.1. The minimum absolute atomic E-state index is 0.144. The number of amides is 1. The van der Waals surface area contributed by atoms with Gasteiger partial charge in [0.25, 0.3) is 5.89 Å². The monoisotopic (exact) mass is 390 g/mol. The van der Waals surface area contributed by atoms with Crippen LogP contribution in [0.2, 0.25) is 0 Å². The Kier molecular flexibility index (Phi) is 4.38. The van der Waals surface area contributed by atoms with Crippen LogP contribution in [0.5, 0.6) is 0 Å². The standard InChI is InChI=1S/C14H11BrN6O3/c15-9-6-17-11(16)10(19-9)13-21-20-12(24-13)8-3-1-2-7(4-8)5-18-14(22)23/h1-4,6,18H,5H2,(H2,16,17)(H,22,23). The molecule has 0 fully saturated rings. The molecule has 0 spiro atoms. The molecule has 10 heteroatoms. The van der Waals surface area contributed by atoms with Crippen LogP contribution in [-0.2, 0) is 6.54 Å². The highest BCUT2D eigenvalue weighted by Gasteiger charge is 2.16. The summed E-state index contributed by atoms with van der Waals surface area (Å²) < 4.78 is 6.10. The molecule has 0 saturated heterocycles. The molecule has 0 aliphatic heterocycles. The van der Waals surface area contributed by atoms with Gasteiger partial charge in [-0.1, -0.05) is 12.1 Å². The number of aromatic nitrogens is 4. The molecule has 3 rings (SSSR count). The number of benzene rings is 1. The Morgan fingerprint density at radius 1 is 1.33 bits per heavy atom. The van der Waals surface area contributed by atoms with E-state index >= 15 is 0 Å². The zero-order valence-corrected chi connectivity index (χ0v) is 13.7. The van der Waals surface area contributed by atoms with Gasteiger partial charge in [-0.3, -0.25) is 0 Å². The first kappa shape index (κ1) is 15.9. The molecule has 0 saturated carbocycles. The summed E-state index contributed by atoms with van der Waals surface area (Å²) in [5.41, 5.74) is 7.47. The van der Waals surface area contributed by atoms with E-state index < -0.39 is 6.09 Å². The van der Waals surface area contributed by atoms with E-state index in [4.69, 9.17) is 15.3 Å². The van der Waals surface area contributed by atoms with Crippen LogP contribution in [0.3, 0.4) is 0 Å². The topological polar surface area (TPSA) is 140 Å². The van der Waals surface area contributed by atoms with Gasteiger partial charge in [0.05, 0.1) is 6.20 Å². The van der Waals surface area contributed by atoms with Crippen molar-refractivity contribution in [2.75, 3.05) is 5.73 Å². The number of hydrogen-bond donors (Lipinski definition) is 3. The second-order valence-electron chi connectivity index (χ2n) is 4.70. The van der Waals surface area contributed by atoms with E-state index in [-0.39, 0.29) is 29.8 Å². The van der Waals surface area contributed by atoms with Gasteiger partial charge in [-0.25, -0.2) is 14.8 Å². The molecule has 0 aliphatic carbocycles. The van der Waals surface area contributed by atoms with Crippen molar-refractivity contribution in [1.29, 1.82) is 0 Å². The van der Waals surface area contributed by atoms with Gasteiger partial charge in [0.15, 0.2) is 11.5 Å². The third-order valence-corrected chi connectivity index (χ3v) is 3.40. The lowest BCUT2D eigenvalue weighted by Gasteiger charge is -2.02. The Bertz CT molecular complexity index is 898. The summed E-state index contributed by atoms with van der Waals surface area (Å²) in [6, 6.07) is 7.08. The van der Waals surface area contributed by atoms with Crippen LogP contribution in [0.25, 0.3) is 23.0 Å². The molecular formula is C14H11BrN6O3. The number of rotatable bonds is 4. The second-order valence-corrected chi connectivity index (χ2v) is 5.51. The molecule has 0 aliphatic rings. The molecular weight excluding hydrogens is 380 g/mol. The van der Waals surface area contributed by atoms with E-state index in [0.29, 0.717) is 10.2 Å². The number of nitrogens with zero attached hydrogens (tertiary/aromatic N) is 4. The molecule has 3 aromatic rings. The van der Waals surface area contributed by atoms with E-state index in [1.165, 1.54) is 6.20 Å². The Morgan fingerprint density at radius 3 is 2.92 bits per heavy atom. The smallest absolute Gasteiger partial charge is 0.404 e. The number of nitrogens with two attached hydrogens (primary N) is 1. The van der Waals surface area contributed by atoms with Crippen molar-refractivity contribution in [2.24, 2.45) is 0 Å². The van der Waals surface area contributed by atoms with Crippen molar-refractivity contribution >= 4 is 27.8 Å². The van der Waals surface area contributed by atoms with Crippen molar-refractivity contribution in [3.63, 3.8) is 0 Å². The zero-order chi connectivity index (χ0) is 17.1. The lowest BCUT2D eigenvalue weighted by Crippen LogP contribution is -2.19. The van der Waals surface area contributed by atoms with Crippen LogP contribution in [0.15, 0.2) is 39.5 Å². The molecule has 2 aromatic heterocycles. The molecule has 0 radical (unpaired) electrons. The highest BCUT2D eigenvalue weighted by Crippen LogP contribution is 2.26. The van der Waals surface area contributed by atoms with Gasteiger partial charge in [-0.05, 0) is 33.6 Å². The molecule has 2 heterocycles. The SMILES string of the molecule is Nc1ncc(Br)nc1-c1nnc(-c2cccc(CNC(=O)O)c2)o1. The molecule has 1 aromatic carbocycles. The molecule has 0 unspecified atom stereocenters. The fourth-order valence-electron chi connectivity index (χ4n) is 1.96.